The quantitative estimate of drug-likeness (QED) is 0.503. The third-order valence-corrected chi connectivity index (χ3v) is 5.11. The van der Waals surface area contributed by atoms with Gasteiger partial charge in [0.2, 0.25) is 0 Å². The Morgan fingerprint density at radius 1 is 1.36 bits per heavy atom. The summed E-state index contributed by atoms with van der Waals surface area (Å²) in [6.45, 7) is 5.93. The summed E-state index contributed by atoms with van der Waals surface area (Å²) in [5.41, 5.74) is -1.03. The maximum atomic E-state index is 12.3. The molecule has 1 spiro atoms. The highest BCUT2D eigenvalue weighted by Crippen LogP contribution is 2.29. The van der Waals surface area contributed by atoms with E-state index >= 15 is 0 Å². The summed E-state index contributed by atoms with van der Waals surface area (Å²) in [6, 6.07) is 1.70. The van der Waals surface area contributed by atoms with Gasteiger partial charge in [0.15, 0.2) is 11.7 Å². The summed E-state index contributed by atoms with van der Waals surface area (Å²) in [6.07, 6.45) is 8.07. The number of carbonyl (C=O) groups excluding carboxylic acids is 1. The minimum absolute atomic E-state index is 0. The Hall–Kier alpha value is -0.850. The molecule has 2 aliphatic heterocycles. The Kier molecular flexibility index (Phi) is 5.35. The van der Waals surface area contributed by atoms with Crippen molar-refractivity contribution in [3.63, 3.8) is 0 Å². The summed E-state index contributed by atoms with van der Waals surface area (Å²) in [5.74, 6) is -0.538. The Bertz CT molecular complexity index is 495. The molecule has 3 heterocycles. The van der Waals surface area contributed by atoms with E-state index in [0.29, 0.717) is 5.56 Å². The van der Waals surface area contributed by atoms with Gasteiger partial charge in [0.05, 0.1) is 19.6 Å². The molecule has 0 saturated carbocycles. The molecule has 124 valence electrons. The fourth-order valence-corrected chi connectivity index (χ4v) is 3.73. The van der Waals surface area contributed by atoms with Crippen LogP contribution in [-0.2, 0) is 15.1 Å². The van der Waals surface area contributed by atoms with Crippen LogP contribution in [0.3, 0.4) is 0 Å². The van der Waals surface area contributed by atoms with Crippen LogP contribution in [0, 0.1) is 0 Å². The highest BCUT2D eigenvalue weighted by Gasteiger charge is 2.43. The Labute approximate surface area is 142 Å². The Morgan fingerprint density at radius 2 is 2.09 bits per heavy atom. The van der Waals surface area contributed by atoms with Gasteiger partial charge in [-0.05, 0) is 32.3 Å². The minimum atomic E-state index is -1.57. The molecule has 3 rings (SSSR count). The lowest BCUT2D eigenvalue weighted by molar-refractivity contribution is -0.922. The Morgan fingerprint density at radius 3 is 2.73 bits per heavy atom. The lowest BCUT2D eigenvalue weighted by Crippen LogP contribution is -3.00. The average Bonchev–Trinajstić information content (AvgIpc) is 3.11. The standard InChI is InChI=1S/C16H25N2O3.BrH/c1-16(20,13-5-7-17-11-13)15(19)21-14-6-10-18(12-14)8-3-2-4-9-18;/h5,7,11,14,17,20H,2-4,6,8-10,12H2,1H3;1H/q+1;/p-1. The minimum Gasteiger partial charge on any atom is -1.00 e. The molecule has 2 saturated heterocycles. The number of hydrogen-bond donors (Lipinski definition) is 2. The van der Waals surface area contributed by atoms with Gasteiger partial charge in [-0.2, -0.15) is 0 Å². The lowest BCUT2D eigenvalue weighted by atomic mass is 9.99. The monoisotopic (exact) mass is 372 g/mol. The molecule has 5 nitrogen and oxygen atoms in total. The maximum absolute atomic E-state index is 12.3. The summed E-state index contributed by atoms with van der Waals surface area (Å²) >= 11 is 0. The number of quaternary nitrogens is 1. The molecule has 1 aromatic heterocycles. The number of nitrogens with one attached hydrogen (secondary N) is 1. The molecule has 2 aliphatic rings. The van der Waals surface area contributed by atoms with Crippen LogP contribution in [0.4, 0.5) is 0 Å². The largest absolute Gasteiger partial charge is 1.00 e. The number of nitrogens with zero attached hydrogens (tertiary/aromatic N) is 1. The van der Waals surface area contributed by atoms with Crippen molar-refractivity contribution in [2.45, 2.75) is 44.3 Å². The predicted octanol–water partition coefficient (Wildman–Crippen LogP) is -1.46. The van der Waals surface area contributed by atoms with Crippen molar-refractivity contribution in [2.75, 3.05) is 26.2 Å². The highest BCUT2D eigenvalue weighted by molar-refractivity contribution is 5.80. The van der Waals surface area contributed by atoms with Crippen molar-refractivity contribution >= 4 is 5.97 Å². The molecule has 0 amide bonds. The molecule has 0 aliphatic carbocycles. The number of aromatic nitrogens is 1. The SMILES string of the molecule is CC(O)(C(=O)OC1CC[N+]2(CCCCC2)C1)c1cc[nH]c1.[Br-]. The van der Waals surface area contributed by atoms with E-state index in [4.69, 9.17) is 4.74 Å². The van der Waals surface area contributed by atoms with E-state index in [-0.39, 0.29) is 23.1 Å². The normalized spacial score (nSPS) is 26.2. The van der Waals surface area contributed by atoms with Crippen molar-refractivity contribution in [1.82, 2.24) is 4.98 Å². The van der Waals surface area contributed by atoms with Gasteiger partial charge in [-0.15, -0.1) is 0 Å². The number of hydrogen-bond acceptors (Lipinski definition) is 3. The molecule has 0 aromatic carbocycles. The number of aliphatic hydroxyl groups is 1. The molecular formula is C16H25BrN2O3. The summed E-state index contributed by atoms with van der Waals surface area (Å²) in [4.78, 5) is 15.2. The van der Waals surface area contributed by atoms with E-state index in [1.807, 2.05) is 0 Å². The molecule has 0 radical (unpaired) electrons. The van der Waals surface area contributed by atoms with Crippen molar-refractivity contribution in [2.24, 2.45) is 0 Å². The first-order valence-corrected chi connectivity index (χ1v) is 7.94. The molecule has 2 N–H and O–H groups in total. The van der Waals surface area contributed by atoms with Crippen LogP contribution in [0.15, 0.2) is 18.5 Å². The molecule has 2 atom stereocenters. The number of aromatic amines is 1. The second-order valence-corrected chi connectivity index (χ2v) is 6.74. The molecule has 6 heteroatoms. The second kappa shape index (κ2) is 6.72. The average molecular weight is 373 g/mol. The van der Waals surface area contributed by atoms with E-state index < -0.39 is 11.6 Å². The highest BCUT2D eigenvalue weighted by atomic mass is 79.9. The van der Waals surface area contributed by atoms with Crippen LogP contribution in [-0.4, -0.2) is 52.8 Å². The molecule has 22 heavy (non-hydrogen) atoms. The van der Waals surface area contributed by atoms with Gasteiger partial charge in [0.1, 0.15) is 6.54 Å². The van der Waals surface area contributed by atoms with Gasteiger partial charge < -0.3 is 36.3 Å². The first kappa shape index (κ1) is 17.5. The molecule has 2 fully saturated rings. The van der Waals surface area contributed by atoms with E-state index in [1.54, 1.807) is 18.5 Å². The first-order chi connectivity index (χ1) is 10.0. The predicted molar refractivity (Wildman–Crippen MR) is 78.4 cm³/mol. The fraction of sp³-hybridized carbons (Fsp3) is 0.688. The lowest BCUT2D eigenvalue weighted by Gasteiger charge is -2.37. The van der Waals surface area contributed by atoms with E-state index in [9.17, 15) is 9.90 Å². The second-order valence-electron chi connectivity index (χ2n) is 6.74. The number of esters is 1. The smallest absolute Gasteiger partial charge is 0.343 e. The fourth-order valence-electron chi connectivity index (χ4n) is 3.73. The molecule has 2 unspecified atom stereocenters. The number of piperidine rings is 1. The first-order valence-electron chi connectivity index (χ1n) is 7.94. The van der Waals surface area contributed by atoms with Crippen LogP contribution in [0.1, 0.15) is 38.2 Å². The summed E-state index contributed by atoms with van der Waals surface area (Å²) in [7, 11) is 0. The zero-order valence-electron chi connectivity index (χ0n) is 13.1. The molecule has 1 aromatic rings. The number of halogens is 1. The zero-order chi connectivity index (χ0) is 14.9. The van der Waals surface area contributed by atoms with Gasteiger partial charge in [-0.3, -0.25) is 0 Å². The third-order valence-electron chi connectivity index (χ3n) is 5.11. The third kappa shape index (κ3) is 3.39. The van der Waals surface area contributed by atoms with Crippen LogP contribution in [0.5, 0.6) is 0 Å². The van der Waals surface area contributed by atoms with Crippen molar-refractivity contribution in [3.8, 4) is 0 Å². The van der Waals surface area contributed by atoms with Gasteiger partial charge in [0.25, 0.3) is 0 Å². The Balaban J connectivity index is 0.00000176. The zero-order valence-corrected chi connectivity index (χ0v) is 14.6. The molecular weight excluding hydrogens is 348 g/mol. The summed E-state index contributed by atoms with van der Waals surface area (Å²) < 4.78 is 6.71. The topological polar surface area (TPSA) is 62.3 Å². The van der Waals surface area contributed by atoms with Crippen LogP contribution < -0.4 is 17.0 Å². The number of rotatable bonds is 3. The maximum Gasteiger partial charge on any atom is 0.343 e. The van der Waals surface area contributed by atoms with E-state index in [0.717, 1.165) is 24.0 Å². The van der Waals surface area contributed by atoms with E-state index in [1.165, 1.54) is 39.3 Å². The van der Waals surface area contributed by atoms with Crippen LogP contribution in [0.25, 0.3) is 0 Å². The van der Waals surface area contributed by atoms with Crippen molar-refractivity contribution in [3.05, 3.63) is 24.0 Å². The van der Waals surface area contributed by atoms with Crippen molar-refractivity contribution in [1.29, 1.82) is 0 Å². The van der Waals surface area contributed by atoms with Crippen LogP contribution in [0.2, 0.25) is 0 Å². The summed E-state index contributed by atoms with van der Waals surface area (Å²) in [5, 5.41) is 10.4. The van der Waals surface area contributed by atoms with Gasteiger partial charge in [-0.25, -0.2) is 4.79 Å². The van der Waals surface area contributed by atoms with Crippen molar-refractivity contribution < 1.29 is 36.1 Å². The number of H-pyrrole nitrogens is 1. The number of carbonyl (C=O) groups is 1. The van der Waals surface area contributed by atoms with Gasteiger partial charge in [0, 0.05) is 24.4 Å². The van der Waals surface area contributed by atoms with Gasteiger partial charge >= 0.3 is 5.97 Å². The van der Waals surface area contributed by atoms with E-state index in [2.05, 4.69) is 4.98 Å². The number of ether oxygens (including phenoxy) is 1. The van der Waals surface area contributed by atoms with Crippen LogP contribution >= 0.6 is 0 Å². The molecule has 0 bridgehead atoms. The van der Waals surface area contributed by atoms with Gasteiger partial charge in [-0.1, -0.05) is 0 Å².